The molecule has 8 heteroatoms. The molecule has 0 saturated carbocycles. The fourth-order valence-electron chi connectivity index (χ4n) is 2.25. The van der Waals surface area contributed by atoms with Gasteiger partial charge in [0, 0.05) is 10.0 Å². The number of benzene rings is 2. The van der Waals surface area contributed by atoms with Gasteiger partial charge in [0.1, 0.15) is 0 Å². The maximum absolute atomic E-state index is 13.0. The lowest BCUT2D eigenvalue weighted by molar-refractivity contribution is -0.138. The number of carbonyl (C=O) groups excluding carboxylic acids is 2. The van der Waals surface area contributed by atoms with E-state index in [4.69, 9.17) is 5.73 Å². The number of nitrogens with two attached hydrogens (primary N) is 1. The Morgan fingerprint density at radius 3 is 2.48 bits per heavy atom. The molecule has 0 atom stereocenters. The number of amides is 1. The minimum Gasteiger partial charge on any atom is -0.397 e. The number of nitrogens with one attached hydrogen (secondary N) is 1. The van der Waals surface area contributed by atoms with E-state index in [0.29, 0.717) is 10.0 Å². The highest BCUT2D eigenvalue weighted by Crippen LogP contribution is 2.36. The fraction of sp³-hybridized carbons (Fsp3) is 0.176. The Hall–Kier alpha value is -2.35. The van der Waals surface area contributed by atoms with Gasteiger partial charge in [-0.3, -0.25) is 9.59 Å². The molecule has 3 N–H and O–H groups in total. The largest absolute Gasteiger partial charge is 0.416 e. The zero-order valence-electron chi connectivity index (χ0n) is 13.1. The smallest absolute Gasteiger partial charge is 0.397 e. The second-order valence-corrected chi connectivity index (χ2v) is 6.33. The summed E-state index contributed by atoms with van der Waals surface area (Å²) in [7, 11) is 0. The second kappa shape index (κ2) is 7.26. The Bertz CT molecular complexity index is 835. The molecule has 2 rings (SSSR count). The number of Topliss-reactive ketones (excluding diaryl/α,β-unsaturated/α-hetero) is 1. The first-order valence-electron chi connectivity index (χ1n) is 7.14. The summed E-state index contributed by atoms with van der Waals surface area (Å²) in [4.78, 5) is 24.1. The molecule has 0 radical (unpaired) electrons. The van der Waals surface area contributed by atoms with Crippen LogP contribution < -0.4 is 11.1 Å². The van der Waals surface area contributed by atoms with Crippen LogP contribution in [0.4, 0.5) is 24.5 Å². The lowest BCUT2D eigenvalue weighted by atomic mass is 10.1. The first kappa shape index (κ1) is 19.0. The third kappa shape index (κ3) is 4.82. The van der Waals surface area contributed by atoms with Crippen molar-refractivity contribution >= 4 is 39.0 Å². The molecule has 0 aromatic heterocycles. The highest BCUT2D eigenvalue weighted by Gasteiger charge is 2.33. The summed E-state index contributed by atoms with van der Waals surface area (Å²) in [6, 6.07) is 8.37. The molecule has 0 aliphatic rings. The predicted octanol–water partition coefficient (Wildman–Crippen LogP) is 4.57. The van der Waals surface area contributed by atoms with E-state index in [1.54, 1.807) is 24.3 Å². The summed E-state index contributed by atoms with van der Waals surface area (Å²) in [5.74, 6) is -1.20. The van der Waals surface area contributed by atoms with E-state index in [1.165, 1.54) is 6.92 Å². The quantitative estimate of drug-likeness (QED) is 0.437. The van der Waals surface area contributed by atoms with E-state index < -0.39 is 29.9 Å². The van der Waals surface area contributed by atoms with Crippen LogP contribution in [0, 0.1) is 6.92 Å². The summed E-state index contributed by atoms with van der Waals surface area (Å²) in [6.45, 7) is 1.28. The van der Waals surface area contributed by atoms with E-state index in [9.17, 15) is 22.8 Å². The molecule has 132 valence electrons. The molecular weight excluding hydrogens is 401 g/mol. The number of alkyl halides is 3. The van der Waals surface area contributed by atoms with E-state index in [2.05, 4.69) is 21.2 Å². The van der Waals surface area contributed by atoms with Gasteiger partial charge in [-0.1, -0.05) is 28.1 Å². The minimum atomic E-state index is -4.57. The first-order chi connectivity index (χ1) is 11.6. The minimum absolute atomic E-state index is 0.00578. The Kier molecular flexibility index (Phi) is 5.52. The maximum Gasteiger partial charge on any atom is 0.416 e. The molecule has 0 aliphatic heterocycles. The van der Waals surface area contributed by atoms with Crippen molar-refractivity contribution in [2.45, 2.75) is 19.5 Å². The van der Waals surface area contributed by atoms with Crippen molar-refractivity contribution in [1.82, 2.24) is 0 Å². The van der Waals surface area contributed by atoms with Crippen molar-refractivity contribution in [3.05, 3.63) is 57.6 Å². The lowest BCUT2D eigenvalue weighted by Gasteiger charge is -2.15. The third-order valence-electron chi connectivity index (χ3n) is 3.44. The van der Waals surface area contributed by atoms with Crippen molar-refractivity contribution < 1.29 is 22.8 Å². The number of hydrogen-bond acceptors (Lipinski definition) is 3. The number of rotatable bonds is 4. The highest BCUT2D eigenvalue weighted by molar-refractivity contribution is 9.10. The Balaban J connectivity index is 2.16. The number of ketones is 1. The van der Waals surface area contributed by atoms with Gasteiger partial charge in [0.15, 0.2) is 5.78 Å². The first-order valence-corrected chi connectivity index (χ1v) is 7.93. The zero-order chi connectivity index (χ0) is 18.8. The van der Waals surface area contributed by atoms with Gasteiger partial charge < -0.3 is 11.1 Å². The molecule has 0 saturated heterocycles. The van der Waals surface area contributed by atoms with Crippen LogP contribution in [0.25, 0.3) is 0 Å². The fourth-order valence-corrected chi connectivity index (χ4v) is 2.65. The molecule has 2 aromatic carbocycles. The molecule has 2 aromatic rings. The van der Waals surface area contributed by atoms with Crippen LogP contribution in [0.5, 0.6) is 0 Å². The summed E-state index contributed by atoms with van der Waals surface area (Å²) >= 11 is 3.22. The average Bonchev–Trinajstić information content (AvgIpc) is 2.48. The standard InChI is InChI=1S/C17H14BrF3N2O2/c1-9-5-13(22)14(7-12(9)17(19,20)21)23-16(25)8-15(24)10-3-2-4-11(18)6-10/h2-7H,8,22H2,1H3,(H,23,25). The zero-order valence-corrected chi connectivity index (χ0v) is 14.7. The van der Waals surface area contributed by atoms with Crippen molar-refractivity contribution in [3.8, 4) is 0 Å². The molecule has 0 bridgehead atoms. The van der Waals surface area contributed by atoms with E-state index in [1.807, 2.05) is 0 Å². The molecule has 25 heavy (non-hydrogen) atoms. The Morgan fingerprint density at radius 1 is 1.20 bits per heavy atom. The number of carbonyl (C=O) groups is 2. The number of hydrogen-bond donors (Lipinski definition) is 2. The Morgan fingerprint density at radius 2 is 1.88 bits per heavy atom. The molecule has 0 heterocycles. The molecule has 0 spiro atoms. The van der Waals surface area contributed by atoms with E-state index in [0.717, 1.165) is 12.1 Å². The molecule has 0 fully saturated rings. The number of halogens is 4. The summed E-state index contributed by atoms with van der Waals surface area (Å²) in [5, 5.41) is 2.27. The average molecular weight is 415 g/mol. The Labute approximate surface area is 150 Å². The van der Waals surface area contributed by atoms with Crippen LogP contribution in [-0.4, -0.2) is 11.7 Å². The summed E-state index contributed by atoms with van der Waals surface area (Å²) < 4.78 is 39.5. The normalized spacial score (nSPS) is 11.2. The van der Waals surface area contributed by atoms with Crippen LogP contribution >= 0.6 is 15.9 Å². The van der Waals surface area contributed by atoms with Gasteiger partial charge in [-0.2, -0.15) is 13.2 Å². The van der Waals surface area contributed by atoms with Gasteiger partial charge >= 0.3 is 6.18 Å². The van der Waals surface area contributed by atoms with Gasteiger partial charge in [0.05, 0.1) is 23.4 Å². The van der Waals surface area contributed by atoms with Crippen LogP contribution in [0.1, 0.15) is 27.9 Å². The molecule has 1 amide bonds. The number of aryl methyl sites for hydroxylation is 1. The number of anilines is 2. The lowest BCUT2D eigenvalue weighted by Crippen LogP contribution is -2.18. The van der Waals surface area contributed by atoms with Crippen LogP contribution in [0.3, 0.4) is 0 Å². The van der Waals surface area contributed by atoms with Crippen molar-refractivity contribution in [3.63, 3.8) is 0 Å². The monoisotopic (exact) mass is 414 g/mol. The third-order valence-corrected chi connectivity index (χ3v) is 3.94. The summed E-state index contributed by atoms with van der Waals surface area (Å²) in [6.07, 6.45) is -5.07. The van der Waals surface area contributed by atoms with Gasteiger partial charge in [-0.25, -0.2) is 0 Å². The molecule has 0 aliphatic carbocycles. The van der Waals surface area contributed by atoms with Gasteiger partial charge in [-0.05, 0) is 36.8 Å². The van der Waals surface area contributed by atoms with Crippen LogP contribution in [0.2, 0.25) is 0 Å². The molecule has 0 unspecified atom stereocenters. The van der Waals surface area contributed by atoms with Crippen molar-refractivity contribution in [2.24, 2.45) is 0 Å². The SMILES string of the molecule is Cc1cc(N)c(NC(=O)CC(=O)c2cccc(Br)c2)cc1C(F)(F)F. The maximum atomic E-state index is 13.0. The van der Waals surface area contributed by atoms with E-state index in [-0.39, 0.29) is 16.9 Å². The van der Waals surface area contributed by atoms with Crippen molar-refractivity contribution in [2.75, 3.05) is 11.1 Å². The predicted molar refractivity (Wildman–Crippen MR) is 92.3 cm³/mol. The highest BCUT2D eigenvalue weighted by atomic mass is 79.9. The van der Waals surface area contributed by atoms with Gasteiger partial charge in [0.25, 0.3) is 0 Å². The molecule has 4 nitrogen and oxygen atoms in total. The van der Waals surface area contributed by atoms with Crippen molar-refractivity contribution in [1.29, 1.82) is 0 Å². The van der Waals surface area contributed by atoms with Gasteiger partial charge in [-0.15, -0.1) is 0 Å². The molecular formula is C17H14BrF3N2O2. The summed E-state index contributed by atoms with van der Waals surface area (Å²) in [5.41, 5.74) is 4.86. The van der Waals surface area contributed by atoms with E-state index >= 15 is 0 Å². The number of nitrogen functional groups attached to an aromatic ring is 1. The van der Waals surface area contributed by atoms with Gasteiger partial charge in [0.2, 0.25) is 5.91 Å². The van der Waals surface area contributed by atoms with Crippen LogP contribution in [-0.2, 0) is 11.0 Å². The van der Waals surface area contributed by atoms with Crippen LogP contribution in [0.15, 0.2) is 40.9 Å². The second-order valence-electron chi connectivity index (χ2n) is 5.41. The topological polar surface area (TPSA) is 72.2 Å².